The van der Waals surface area contributed by atoms with E-state index in [0.717, 1.165) is 37.8 Å². The largest absolute Gasteiger partial charge is 0.354 e. The van der Waals surface area contributed by atoms with Gasteiger partial charge in [-0.15, -0.1) is 0 Å². The number of rotatable bonds is 2. The first kappa shape index (κ1) is 14.3. The zero-order chi connectivity index (χ0) is 14.1. The molecular weight excluding hydrogens is 236 g/mol. The van der Waals surface area contributed by atoms with Gasteiger partial charge in [0.25, 0.3) is 0 Å². The Hall–Kier alpha value is -1.16. The summed E-state index contributed by atoms with van der Waals surface area (Å²) in [7, 11) is 0. The van der Waals surface area contributed by atoms with Crippen molar-refractivity contribution in [2.24, 2.45) is 5.41 Å². The number of nitrogens with one attached hydrogen (secondary N) is 1. The normalized spacial score (nSPS) is 17.6. The first-order valence-corrected chi connectivity index (χ1v) is 7.11. The molecule has 1 aromatic rings. The van der Waals surface area contributed by atoms with Gasteiger partial charge in [0.15, 0.2) is 0 Å². The van der Waals surface area contributed by atoms with Gasteiger partial charge >= 0.3 is 0 Å². The SMILES string of the molecule is CC(C)(C)C(C)(C)c1nccc(N2CCNCC2)n1. The van der Waals surface area contributed by atoms with E-state index in [0.29, 0.717) is 0 Å². The van der Waals surface area contributed by atoms with E-state index >= 15 is 0 Å². The van der Waals surface area contributed by atoms with E-state index in [1.165, 1.54) is 0 Å². The second-order valence-electron chi connectivity index (χ2n) is 6.85. The molecule has 1 aliphatic rings. The van der Waals surface area contributed by atoms with Crippen molar-refractivity contribution in [2.45, 2.75) is 40.0 Å². The Labute approximate surface area is 116 Å². The second kappa shape index (κ2) is 5.08. The Bertz CT molecular complexity index is 428. The van der Waals surface area contributed by atoms with Crippen molar-refractivity contribution in [3.63, 3.8) is 0 Å². The zero-order valence-corrected chi connectivity index (χ0v) is 12.8. The molecule has 0 amide bonds. The Kier molecular flexibility index (Phi) is 3.81. The molecule has 4 nitrogen and oxygen atoms in total. The lowest BCUT2D eigenvalue weighted by Gasteiger charge is -2.38. The maximum Gasteiger partial charge on any atom is 0.136 e. The summed E-state index contributed by atoms with van der Waals surface area (Å²) in [5.74, 6) is 2.00. The smallest absolute Gasteiger partial charge is 0.136 e. The number of nitrogens with zero attached hydrogens (tertiary/aromatic N) is 3. The molecule has 1 saturated heterocycles. The van der Waals surface area contributed by atoms with Gasteiger partial charge in [-0.3, -0.25) is 0 Å². The van der Waals surface area contributed by atoms with E-state index < -0.39 is 0 Å². The highest BCUT2D eigenvalue weighted by molar-refractivity contribution is 5.39. The van der Waals surface area contributed by atoms with Gasteiger partial charge in [0.1, 0.15) is 11.6 Å². The molecule has 1 N–H and O–H groups in total. The van der Waals surface area contributed by atoms with E-state index in [9.17, 15) is 0 Å². The molecule has 0 aliphatic carbocycles. The Balaban J connectivity index is 2.28. The Morgan fingerprint density at radius 3 is 2.32 bits per heavy atom. The molecule has 19 heavy (non-hydrogen) atoms. The van der Waals surface area contributed by atoms with Gasteiger partial charge < -0.3 is 10.2 Å². The fraction of sp³-hybridized carbons (Fsp3) is 0.733. The minimum absolute atomic E-state index is 0.0446. The van der Waals surface area contributed by atoms with Crippen molar-refractivity contribution in [1.29, 1.82) is 0 Å². The maximum absolute atomic E-state index is 4.82. The number of hydrogen-bond donors (Lipinski definition) is 1. The van der Waals surface area contributed by atoms with E-state index in [-0.39, 0.29) is 10.8 Å². The lowest BCUT2D eigenvalue weighted by Crippen LogP contribution is -2.44. The van der Waals surface area contributed by atoms with Crippen molar-refractivity contribution >= 4 is 5.82 Å². The van der Waals surface area contributed by atoms with Crippen molar-refractivity contribution < 1.29 is 0 Å². The van der Waals surface area contributed by atoms with Crippen LogP contribution in [0.25, 0.3) is 0 Å². The zero-order valence-electron chi connectivity index (χ0n) is 12.8. The summed E-state index contributed by atoms with van der Waals surface area (Å²) in [5, 5.41) is 3.37. The Morgan fingerprint density at radius 1 is 1.11 bits per heavy atom. The third-order valence-electron chi connectivity index (χ3n) is 4.52. The van der Waals surface area contributed by atoms with Crippen LogP contribution in [0.2, 0.25) is 0 Å². The predicted molar refractivity (Wildman–Crippen MR) is 79.6 cm³/mol. The molecule has 0 radical (unpaired) electrons. The van der Waals surface area contributed by atoms with Crippen LogP contribution in [0.3, 0.4) is 0 Å². The predicted octanol–water partition coefficient (Wildman–Crippen LogP) is 2.21. The van der Waals surface area contributed by atoms with Crippen LogP contribution in [0.4, 0.5) is 5.82 Å². The minimum atomic E-state index is -0.0446. The van der Waals surface area contributed by atoms with E-state index in [4.69, 9.17) is 4.98 Å². The van der Waals surface area contributed by atoms with Gasteiger partial charge in [-0.1, -0.05) is 34.6 Å². The fourth-order valence-corrected chi connectivity index (χ4v) is 2.06. The summed E-state index contributed by atoms with van der Waals surface area (Å²) < 4.78 is 0. The summed E-state index contributed by atoms with van der Waals surface area (Å²) in [6.45, 7) is 15.3. The van der Waals surface area contributed by atoms with Gasteiger partial charge in [0.05, 0.1) is 0 Å². The van der Waals surface area contributed by atoms with Crippen LogP contribution in [0.15, 0.2) is 12.3 Å². The highest BCUT2D eigenvalue weighted by Crippen LogP contribution is 2.39. The molecule has 1 aromatic heterocycles. The molecular formula is C15H26N4. The fourth-order valence-electron chi connectivity index (χ4n) is 2.06. The molecule has 0 unspecified atom stereocenters. The van der Waals surface area contributed by atoms with Crippen LogP contribution >= 0.6 is 0 Å². The van der Waals surface area contributed by atoms with Gasteiger partial charge in [-0.05, 0) is 11.5 Å². The van der Waals surface area contributed by atoms with Crippen LogP contribution in [-0.2, 0) is 5.41 Å². The summed E-state index contributed by atoms with van der Waals surface area (Å²) in [5.41, 5.74) is 0.0894. The van der Waals surface area contributed by atoms with E-state index in [1.807, 2.05) is 12.3 Å². The molecule has 2 rings (SSSR count). The van der Waals surface area contributed by atoms with Gasteiger partial charge in [-0.2, -0.15) is 0 Å². The third-order valence-corrected chi connectivity index (χ3v) is 4.52. The van der Waals surface area contributed by atoms with Gasteiger partial charge in [-0.25, -0.2) is 9.97 Å². The lowest BCUT2D eigenvalue weighted by molar-refractivity contribution is 0.213. The molecule has 0 bridgehead atoms. The average molecular weight is 262 g/mol. The van der Waals surface area contributed by atoms with Crippen molar-refractivity contribution in [1.82, 2.24) is 15.3 Å². The minimum Gasteiger partial charge on any atom is -0.354 e. The Morgan fingerprint density at radius 2 is 1.74 bits per heavy atom. The molecule has 0 aromatic carbocycles. The number of piperazine rings is 1. The van der Waals surface area contributed by atoms with Gasteiger partial charge in [0, 0.05) is 37.8 Å². The van der Waals surface area contributed by atoms with E-state index in [1.54, 1.807) is 0 Å². The molecule has 1 aliphatic heterocycles. The number of hydrogen-bond acceptors (Lipinski definition) is 4. The molecule has 106 valence electrons. The first-order chi connectivity index (χ1) is 8.82. The number of anilines is 1. The van der Waals surface area contributed by atoms with Crippen molar-refractivity contribution in [3.8, 4) is 0 Å². The molecule has 0 spiro atoms. The third kappa shape index (κ3) is 2.89. The number of aromatic nitrogens is 2. The van der Waals surface area contributed by atoms with Gasteiger partial charge in [0.2, 0.25) is 0 Å². The van der Waals surface area contributed by atoms with Crippen LogP contribution < -0.4 is 10.2 Å². The van der Waals surface area contributed by atoms with Crippen LogP contribution in [0, 0.1) is 5.41 Å². The molecule has 4 heteroatoms. The monoisotopic (exact) mass is 262 g/mol. The standard InChI is InChI=1S/C15H26N4/c1-14(2,3)15(4,5)13-17-7-6-12(18-13)19-10-8-16-9-11-19/h6-7,16H,8-11H2,1-5H3. The molecule has 0 atom stereocenters. The van der Waals surface area contributed by atoms with Crippen molar-refractivity contribution in [2.75, 3.05) is 31.1 Å². The summed E-state index contributed by atoms with van der Waals surface area (Å²) >= 11 is 0. The lowest BCUT2D eigenvalue weighted by atomic mass is 9.69. The molecule has 0 saturated carbocycles. The first-order valence-electron chi connectivity index (χ1n) is 7.11. The highest BCUT2D eigenvalue weighted by Gasteiger charge is 2.37. The summed E-state index contributed by atoms with van der Waals surface area (Å²) in [6.07, 6.45) is 1.90. The average Bonchev–Trinajstić information content (AvgIpc) is 2.39. The molecule has 1 fully saturated rings. The van der Waals surface area contributed by atoms with E-state index in [2.05, 4.69) is 49.8 Å². The van der Waals surface area contributed by atoms with Crippen LogP contribution in [-0.4, -0.2) is 36.1 Å². The highest BCUT2D eigenvalue weighted by atomic mass is 15.2. The van der Waals surface area contributed by atoms with Crippen LogP contribution in [0.1, 0.15) is 40.4 Å². The maximum atomic E-state index is 4.82. The topological polar surface area (TPSA) is 41.1 Å². The van der Waals surface area contributed by atoms with Crippen molar-refractivity contribution in [3.05, 3.63) is 18.1 Å². The van der Waals surface area contributed by atoms with Crippen LogP contribution in [0.5, 0.6) is 0 Å². The summed E-state index contributed by atoms with van der Waals surface area (Å²) in [4.78, 5) is 11.7. The quantitative estimate of drug-likeness (QED) is 0.887. The summed E-state index contributed by atoms with van der Waals surface area (Å²) in [6, 6.07) is 2.02. The second-order valence-corrected chi connectivity index (χ2v) is 6.85. The molecule has 2 heterocycles.